The minimum Gasteiger partial charge on any atom is -0.480 e. The lowest BCUT2D eigenvalue weighted by molar-refractivity contribution is -0.142. The lowest BCUT2D eigenvalue weighted by Crippen LogP contribution is -2.48. The van der Waals surface area contributed by atoms with Crippen LogP contribution < -0.4 is 4.90 Å². The fourth-order valence-electron chi connectivity index (χ4n) is 2.13. The molecular formula is C11H12N4O2. The average Bonchev–Trinajstić information content (AvgIpc) is 2.72. The van der Waals surface area contributed by atoms with Crippen LogP contribution in [0.15, 0.2) is 12.4 Å². The molecule has 1 aromatic heterocycles. The molecule has 0 saturated carbocycles. The number of hydrogen-bond donors (Lipinski definition) is 1. The summed E-state index contributed by atoms with van der Waals surface area (Å²) >= 11 is 0. The van der Waals surface area contributed by atoms with Gasteiger partial charge in [-0.05, 0) is 19.8 Å². The van der Waals surface area contributed by atoms with Crippen LogP contribution >= 0.6 is 0 Å². The van der Waals surface area contributed by atoms with Crippen LogP contribution in [-0.4, -0.2) is 33.1 Å². The summed E-state index contributed by atoms with van der Waals surface area (Å²) in [5.74, 6) is -0.540. The number of carboxylic acids is 1. The van der Waals surface area contributed by atoms with E-state index in [4.69, 9.17) is 5.26 Å². The first-order valence-corrected chi connectivity index (χ1v) is 5.32. The lowest BCUT2D eigenvalue weighted by Gasteiger charge is -2.32. The van der Waals surface area contributed by atoms with Gasteiger partial charge in [-0.25, -0.2) is 14.8 Å². The first kappa shape index (κ1) is 11.3. The number of nitrogens with zero attached hydrogens (tertiary/aromatic N) is 4. The van der Waals surface area contributed by atoms with Gasteiger partial charge in [0.2, 0.25) is 0 Å². The number of aromatic nitrogens is 2. The molecule has 0 radical (unpaired) electrons. The third-order valence-corrected chi connectivity index (χ3v) is 3.14. The number of nitriles is 1. The van der Waals surface area contributed by atoms with E-state index in [2.05, 4.69) is 9.97 Å². The van der Waals surface area contributed by atoms with Gasteiger partial charge in [0.25, 0.3) is 0 Å². The second-order valence-corrected chi connectivity index (χ2v) is 4.17. The van der Waals surface area contributed by atoms with Crippen LogP contribution in [0.4, 0.5) is 5.82 Å². The summed E-state index contributed by atoms with van der Waals surface area (Å²) in [4.78, 5) is 21.0. The Labute approximate surface area is 98.5 Å². The van der Waals surface area contributed by atoms with Crippen molar-refractivity contribution >= 4 is 11.8 Å². The molecule has 1 aromatic rings. The fraction of sp³-hybridized carbons (Fsp3) is 0.455. The Balaban J connectivity index is 2.47. The lowest BCUT2D eigenvalue weighted by atomic mass is 9.99. The van der Waals surface area contributed by atoms with E-state index >= 15 is 0 Å². The van der Waals surface area contributed by atoms with Crippen molar-refractivity contribution in [1.82, 2.24) is 9.97 Å². The summed E-state index contributed by atoms with van der Waals surface area (Å²) in [5.41, 5.74) is -0.830. The Morgan fingerprint density at radius 2 is 2.29 bits per heavy atom. The molecule has 1 unspecified atom stereocenters. The van der Waals surface area contributed by atoms with Gasteiger partial charge in [-0.3, -0.25) is 0 Å². The van der Waals surface area contributed by atoms with E-state index < -0.39 is 11.5 Å². The molecule has 6 heteroatoms. The maximum atomic E-state index is 11.3. The number of carbonyl (C=O) groups is 1. The van der Waals surface area contributed by atoms with Crippen molar-refractivity contribution in [1.29, 1.82) is 5.26 Å². The van der Waals surface area contributed by atoms with Gasteiger partial charge in [-0.2, -0.15) is 5.26 Å². The van der Waals surface area contributed by atoms with Gasteiger partial charge in [0.05, 0.1) is 0 Å². The molecule has 17 heavy (non-hydrogen) atoms. The first-order valence-electron chi connectivity index (χ1n) is 5.32. The van der Waals surface area contributed by atoms with Crippen molar-refractivity contribution in [3.05, 3.63) is 18.1 Å². The van der Waals surface area contributed by atoms with Gasteiger partial charge in [0, 0.05) is 18.9 Å². The van der Waals surface area contributed by atoms with E-state index in [9.17, 15) is 9.90 Å². The van der Waals surface area contributed by atoms with E-state index in [0.29, 0.717) is 18.8 Å². The molecule has 0 bridgehead atoms. The van der Waals surface area contributed by atoms with Gasteiger partial charge in [0.15, 0.2) is 11.5 Å². The summed E-state index contributed by atoms with van der Waals surface area (Å²) in [6.07, 6.45) is 4.21. The van der Waals surface area contributed by atoms with E-state index in [1.807, 2.05) is 6.07 Å². The Morgan fingerprint density at radius 1 is 1.59 bits per heavy atom. The summed E-state index contributed by atoms with van der Waals surface area (Å²) in [6.45, 7) is 2.23. The van der Waals surface area contributed by atoms with Gasteiger partial charge in [0.1, 0.15) is 11.6 Å². The van der Waals surface area contributed by atoms with Crippen molar-refractivity contribution < 1.29 is 9.90 Å². The molecule has 0 aliphatic carbocycles. The van der Waals surface area contributed by atoms with Crippen LogP contribution in [0, 0.1) is 11.3 Å². The average molecular weight is 232 g/mol. The Bertz CT molecular complexity index is 496. The zero-order valence-corrected chi connectivity index (χ0v) is 9.42. The second-order valence-electron chi connectivity index (χ2n) is 4.17. The second kappa shape index (κ2) is 4.01. The molecule has 1 aliphatic rings. The van der Waals surface area contributed by atoms with E-state index in [1.54, 1.807) is 11.8 Å². The van der Waals surface area contributed by atoms with Gasteiger partial charge in [-0.1, -0.05) is 0 Å². The topological polar surface area (TPSA) is 90.1 Å². The molecule has 88 valence electrons. The monoisotopic (exact) mass is 232 g/mol. The quantitative estimate of drug-likeness (QED) is 0.810. The Kier molecular flexibility index (Phi) is 2.68. The highest BCUT2D eigenvalue weighted by molar-refractivity contribution is 5.84. The highest BCUT2D eigenvalue weighted by atomic mass is 16.4. The Hall–Kier alpha value is -2.16. The molecule has 6 nitrogen and oxygen atoms in total. The molecule has 1 saturated heterocycles. The third kappa shape index (κ3) is 1.69. The standard InChI is InChI=1S/C11H12N4O2/c1-11(10(16)17)3-2-6-15(11)9-8(7-12)13-4-5-14-9/h4-5H,2-3,6H2,1H3,(H,16,17). The zero-order valence-electron chi connectivity index (χ0n) is 9.42. The van der Waals surface area contributed by atoms with Crippen molar-refractivity contribution in [2.45, 2.75) is 25.3 Å². The summed E-state index contributed by atoms with van der Waals surface area (Å²) in [6, 6.07) is 1.94. The van der Waals surface area contributed by atoms with Gasteiger partial charge < -0.3 is 10.0 Å². The number of hydrogen-bond acceptors (Lipinski definition) is 5. The SMILES string of the molecule is CC1(C(=O)O)CCCN1c1nccnc1C#N. The summed E-state index contributed by atoms with van der Waals surface area (Å²) < 4.78 is 0. The molecule has 0 spiro atoms. The largest absolute Gasteiger partial charge is 0.480 e. The van der Waals surface area contributed by atoms with Crippen LogP contribution in [0.25, 0.3) is 0 Å². The number of carboxylic acid groups (broad SMARTS) is 1. The third-order valence-electron chi connectivity index (χ3n) is 3.14. The van der Waals surface area contributed by atoms with E-state index in [1.165, 1.54) is 12.4 Å². The van der Waals surface area contributed by atoms with Gasteiger partial charge in [-0.15, -0.1) is 0 Å². The molecule has 2 heterocycles. The molecule has 0 aromatic carbocycles. The van der Waals surface area contributed by atoms with Crippen LogP contribution in [0.5, 0.6) is 0 Å². The minimum absolute atomic E-state index is 0.168. The zero-order chi connectivity index (χ0) is 12.5. The van der Waals surface area contributed by atoms with Crippen molar-refractivity contribution in [3.8, 4) is 6.07 Å². The fourth-order valence-corrected chi connectivity index (χ4v) is 2.13. The van der Waals surface area contributed by atoms with Crippen molar-refractivity contribution in [3.63, 3.8) is 0 Å². The molecule has 2 rings (SSSR count). The first-order chi connectivity index (χ1) is 8.09. The highest BCUT2D eigenvalue weighted by Crippen LogP contribution is 2.33. The predicted octanol–water partition coefficient (Wildman–Crippen LogP) is 0.792. The maximum absolute atomic E-state index is 11.3. The van der Waals surface area contributed by atoms with Crippen molar-refractivity contribution in [2.75, 3.05) is 11.4 Å². The summed E-state index contributed by atoms with van der Waals surface area (Å²) in [5, 5.41) is 18.3. The number of anilines is 1. The molecule has 1 atom stereocenters. The smallest absolute Gasteiger partial charge is 0.329 e. The van der Waals surface area contributed by atoms with Crippen molar-refractivity contribution in [2.24, 2.45) is 0 Å². The van der Waals surface area contributed by atoms with Crippen LogP contribution in [0.1, 0.15) is 25.5 Å². The molecular weight excluding hydrogens is 220 g/mol. The van der Waals surface area contributed by atoms with Crippen LogP contribution in [0.3, 0.4) is 0 Å². The maximum Gasteiger partial charge on any atom is 0.329 e. The number of aliphatic carboxylic acids is 1. The number of rotatable bonds is 2. The Morgan fingerprint density at radius 3 is 2.94 bits per heavy atom. The molecule has 0 amide bonds. The molecule has 1 aliphatic heterocycles. The van der Waals surface area contributed by atoms with Crippen LogP contribution in [0.2, 0.25) is 0 Å². The molecule has 1 fully saturated rings. The van der Waals surface area contributed by atoms with Gasteiger partial charge >= 0.3 is 5.97 Å². The minimum atomic E-state index is -0.998. The normalized spacial score (nSPS) is 23.4. The molecule has 1 N–H and O–H groups in total. The predicted molar refractivity (Wildman–Crippen MR) is 59.4 cm³/mol. The van der Waals surface area contributed by atoms with E-state index in [-0.39, 0.29) is 5.69 Å². The highest BCUT2D eigenvalue weighted by Gasteiger charge is 2.45. The summed E-state index contributed by atoms with van der Waals surface area (Å²) in [7, 11) is 0. The van der Waals surface area contributed by atoms with Crippen LogP contribution in [-0.2, 0) is 4.79 Å². The van der Waals surface area contributed by atoms with E-state index in [0.717, 1.165) is 6.42 Å².